The Morgan fingerprint density at radius 3 is 2.55 bits per heavy atom. The number of hydrogen-bond acceptors (Lipinski definition) is 5. The standard InChI is InChI=1S/C33H31NO4/c1-4-34(5-2)25-16-14-22-18-19-33(38-29(22)20-25)21-27-28(37-31(33)24-10-7-6-8-11-24)17-15-23-12-9-13-26(30(23)27)32(35)36-3/h6-21,28,31H,4-5H2,1-3H3. The van der Waals surface area contributed by atoms with Crippen molar-refractivity contribution in [2.24, 2.45) is 0 Å². The lowest BCUT2D eigenvalue weighted by Gasteiger charge is -2.45. The summed E-state index contributed by atoms with van der Waals surface area (Å²) in [5.41, 5.74) is 5.48. The largest absolute Gasteiger partial charge is 0.475 e. The van der Waals surface area contributed by atoms with Crippen molar-refractivity contribution in [2.45, 2.75) is 31.7 Å². The Labute approximate surface area is 223 Å². The maximum Gasteiger partial charge on any atom is 0.338 e. The van der Waals surface area contributed by atoms with Gasteiger partial charge in [-0.05, 0) is 60.9 Å². The number of esters is 1. The fourth-order valence-electron chi connectivity index (χ4n) is 5.76. The van der Waals surface area contributed by atoms with Crippen LogP contribution in [0.2, 0.25) is 0 Å². The predicted molar refractivity (Wildman–Crippen MR) is 151 cm³/mol. The van der Waals surface area contributed by atoms with Crippen LogP contribution in [0.1, 0.15) is 52.6 Å². The minimum Gasteiger partial charge on any atom is -0.475 e. The van der Waals surface area contributed by atoms with E-state index in [4.69, 9.17) is 14.2 Å². The van der Waals surface area contributed by atoms with Gasteiger partial charge in [0.1, 0.15) is 18.0 Å². The molecule has 192 valence electrons. The maximum absolute atomic E-state index is 12.8. The lowest BCUT2D eigenvalue weighted by molar-refractivity contribution is -0.0640. The quantitative estimate of drug-likeness (QED) is 0.361. The van der Waals surface area contributed by atoms with Gasteiger partial charge in [0.25, 0.3) is 0 Å². The highest BCUT2D eigenvalue weighted by atomic mass is 16.6. The second-order valence-electron chi connectivity index (χ2n) is 9.75. The molecule has 5 heteroatoms. The van der Waals surface area contributed by atoms with Crippen molar-refractivity contribution in [3.05, 3.63) is 113 Å². The van der Waals surface area contributed by atoms with Gasteiger partial charge in [-0.15, -0.1) is 0 Å². The van der Waals surface area contributed by atoms with Crippen molar-refractivity contribution in [1.29, 1.82) is 0 Å². The Hall–Kier alpha value is -4.09. The zero-order chi connectivity index (χ0) is 26.3. The molecular weight excluding hydrogens is 474 g/mol. The minimum atomic E-state index is -0.909. The van der Waals surface area contributed by atoms with Crippen LogP contribution in [-0.2, 0) is 9.47 Å². The molecule has 3 aromatic rings. The summed E-state index contributed by atoms with van der Waals surface area (Å²) in [7, 11) is 1.41. The van der Waals surface area contributed by atoms with Crippen molar-refractivity contribution >= 4 is 29.4 Å². The van der Waals surface area contributed by atoms with Gasteiger partial charge in [0, 0.05) is 36.0 Å². The van der Waals surface area contributed by atoms with Gasteiger partial charge in [-0.1, -0.05) is 60.7 Å². The van der Waals surface area contributed by atoms with Gasteiger partial charge in [-0.3, -0.25) is 0 Å². The first-order valence-corrected chi connectivity index (χ1v) is 13.2. The molecule has 0 bridgehead atoms. The highest BCUT2D eigenvalue weighted by molar-refractivity contribution is 6.00. The fraction of sp³-hybridized carbons (Fsp3) is 0.242. The first-order chi connectivity index (χ1) is 18.6. The molecular formula is C33H31NO4. The normalized spacial score (nSPS) is 22.6. The fourth-order valence-corrected chi connectivity index (χ4v) is 5.76. The monoisotopic (exact) mass is 505 g/mol. The van der Waals surface area contributed by atoms with E-state index >= 15 is 0 Å². The Bertz CT molecular complexity index is 1470. The van der Waals surface area contributed by atoms with E-state index < -0.39 is 11.7 Å². The molecule has 2 aliphatic heterocycles. The van der Waals surface area contributed by atoms with E-state index in [2.05, 4.69) is 73.4 Å². The third-order valence-electron chi connectivity index (χ3n) is 7.66. The summed E-state index contributed by atoms with van der Waals surface area (Å²) in [6.45, 7) is 6.14. The topological polar surface area (TPSA) is 48.0 Å². The molecule has 2 heterocycles. The SMILES string of the molecule is CCN(CC)c1ccc2c(c1)OC1(C=C2)C=C2c3c(cccc3C(=O)OC)C=CC2OC1c1ccccc1. The van der Waals surface area contributed by atoms with Crippen molar-refractivity contribution in [3.8, 4) is 5.75 Å². The zero-order valence-electron chi connectivity index (χ0n) is 21.9. The minimum absolute atomic E-state index is 0.329. The number of benzene rings is 3. The lowest BCUT2D eigenvalue weighted by atomic mass is 9.77. The van der Waals surface area contributed by atoms with Gasteiger partial charge in [0.2, 0.25) is 0 Å². The number of nitrogens with zero attached hydrogens (tertiary/aromatic N) is 1. The molecule has 6 rings (SSSR count). The van der Waals surface area contributed by atoms with Gasteiger partial charge in [0.05, 0.1) is 12.7 Å². The molecule has 0 radical (unpaired) electrons. The number of fused-ring (bicyclic) bond motifs is 4. The Balaban J connectivity index is 1.53. The van der Waals surface area contributed by atoms with Crippen LogP contribution in [0.5, 0.6) is 5.75 Å². The number of carbonyl (C=O) groups excluding carboxylic acids is 1. The van der Waals surface area contributed by atoms with Gasteiger partial charge >= 0.3 is 5.97 Å². The Kier molecular flexibility index (Phi) is 6.16. The summed E-state index contributed by atoms with van der Waals surface area (Å²) in [5, 5.41) is 0. The number of methoxy groups -OCH3 is 1. The van der Waals surface area contributed by atoms with E-state index in [1.54, 1.807) is 6.07 Å². The summed E-state index contributed by atoms with van der Waals surface area (Å²) in [5.74, 6) is 0.440. The molecule has 5 nitrogen and oxygen atoms in total. The third kappa shape index (κ3) is 3.95. The van der Waals surface area contributed by atoms with Crippen LogP contribution in [0.15, 0.2) is 85.0 Å². The molecule has 0 aromatic heterocycles. The second-order valence-corrected chi connectivity index (χ2v) is 9.75. The van der Waals surface area contributed by atoms with E-state index in [0.29, 0.717) is 5.56 Å². The maximum atomic E-state index is 12.8. The average Bonchev–Trinajstić information content (AvgIpc) is 2.97. The number of ether oxygens (including phenoxy) is 3. The number of anilines is 1. The van der Waals surface area contributed by atoms with Crippen LogP contribution < -0.4 is 9.64 Å². The summed E-state index contributed by atoms with van der Waals surface area (Å²) in [6.07, 6.45) is 9.71. The molecule has 0 saturated carbocycles. The molecule has 3 atom stereocenters. The van der Waals surface area contributed by atoms with E-state index in [-0.39, 0.29) is 12.1 Å². The van der Waals surface area contributed by atoms with E-state index in [9.17, 15) is 4.79 Å². The lowest BCUT2D eigenvalue weighted by Crippen LogP contribution is -2.46. The summed E-state index contributed by atoms with van der Waals surface area (Å²) in [4.78, 5) is 15.1. The third-order valence-corrected chi connectivity index (χ3v) is 7.66. The van der Waals surface area contributed by atoms with Crippen molar-refractivity contribution in [2.75, 3.05) is 25.1 Å². The first kappa shape index (κ1) is 24.3. The van der Waals surface area contributed by atoms with E-state index in [0.717, 1.165) is 52.4 Å². The van der Waals surface area contributed by atoms with Crippen molar-refractivity contribution in [3.63, 3.8) is 0 Å². The summed E-state index contributed by atoms with van der Waals surface area (Å²) < 4.78 is 18.9. The van der Waals surface area contributed by atoms with Crippen LogP contribution in [0, 0.1) is 0 Å². The first-order valence-electron chi connectivity index (χ1n) is 13.2. The molecule has 3 unspecified atom stereocenters. The predicted octanol–water partition coefficient (Wildman–Crippen LogP) is 6.71. The average molecular weight is 506 g/mol. The van der Waals surface area contributed by atoms with E-state index in [1.807, 2.05) is 36.4 Å². The van der Waals surface area contributed by atoms with Gasteiger partial charge in [-0.2, -0.15) is 0 Å². The van der Waals surface area contributed by atoms with Gasteiger partial charge in [-0.25, -0.2) is 4.79 Å². The zero-order valence-corrected chi connectivity index (χ0v) is 21.9. The number of carbonyl (C=O) groups is 1. The molecule has 3 aliphatic rings. The van der Waals surface area contributed by atoms with Gasteiger partial charge in [0.15, 0.2) is 5.60 Å². The molecule has 3 aromatic carbocycles. The second kappa shape index (κ2) is 9.66. The van der Waals surface area contributed by atoms with Crippen LogP contribution in [0.4, 0.5) is 5.69 Å². The van der Waals surface area contributed by atoms with Crippen LogP contribution >= 0.6 is 0 Å². The molecule has 0 saturated heterocycles. The van der Waals surface area contributed by atoms with Crippen molar-refractivity contribution < 1.29 is 19.0 Å². The van der Waals surface area contributed by atoms with Crippen LogP contribution in [-0.4, -0.2) is 37.9 Å². The molecule has 0 amide bonds. The highest BCUT2D eigenvalue weighted by Crippen LogP contribution is 2.50. The molecule has 1 aliphatic carbocycles. The summed E-state index contributed by atoms with van der Waals surface area (Å²) in [6, 6.07) is 22.3. The number of rotatable bonds is 5. The van der Waals surface area contributed by atoms with Crippen LogP contribution in [0.25, 0.3) is 17.7 Å². The van der Waals surface area contributed by atoms with E-state index in [1.165, 1.54) is 7.11 Å². The number of hydrogen-bond donors (Lipinski definition) is 0. The molecule has 0 N–H and O–H groups in total. The highest BCUT2D eigenvalue weighted by Gasteiger charge is 2.48. The van der Waals surface area contributed by atoms with Crippen LogP contribution in [0.3, 0.4) is 0 Å². The summed E-state index contributed by atoms with van der Waals surface area (Å²) >= 11 is 0. The molecule has 1 spiro atoms. The molecule has 0 fully saturated rings. The van der Waals surface area contributed by atoms with Gasteiger partial charge < -0.3 is 19.1 Å². The Morgan fingerprint density at radius 1 is 0.974 bits per heavy atom. The molecule has 38 heavy (non-hydrogen) atoms. The Morgan fingerprint density at radius 2 is 1.79 bits per heavy atom. The van der Waals surface area contributed by atoms with Crippen molar-refractivity contribution in [1.82, 2.24) is 0 Å². The smallest absolute Gasteiger partial charge is 0.338 e.